The molecule has 162 valence electrons. The van der Waals surface area contributed by atoms with E-state index in [4.69, 9.17) is 14.2 Å². The van der Waals surface area contributed by atoms with E-state index in [0.29, 0.717) is 22.1 Å². The van der Waals surface area contributed by atoms with Crippen LogP contribution in [0.1, 0.15) is 15.2 Å². The van der Waals surface area contributed by atoms with Gasteiger partial charge in [0.2, 0.25) is 5.78 Å². The molecule has 0 radical (unpaired) electrons. The number of carbonyl (C=O) groups is 1. The molecule has 0 unspecified atom stereocenters. The van der Waals surface area contributed by atoms with Crippen molar-refractivity contribution in [3.8, 4) is 23.0 Å². The third kappa shape index (κ3) is 4.04. The van der Waals surface area contributed by atoms with Crippen molar-refractivity contribution in [2.24, 2.45) is 0 Å². The molecule has 1 aliphatic heterocycles. The minimum Gasteiger partial charge on any atom is -0.497 e. The van der Waals surface area contributed by atoms with Gasteiger partial charge in [0.1, 0.15) is 34.0 Å². The largest absolute Gasteiger partial charge is 0.497 e. The monoisotopic (exact) mass is 449 g/mol. The van der Waals surface area contributed by atoms with E-state index in [0.717, 1.165) is 28.9 Å². The number of hydrogen-bond acceptors (Lipinski definition) is 6. The molecule has 1 aliphatic rings. The van der Waals surface area contributed by atoms with Gasteiger partial charge in [0.25, 0.3) is 0 Å². The molecule has 4 aromatic rings. The summed E-state index contributed by atoms with van der Waals surface area (Å²) in [6.07, 6.45) is 0.188. The van der Waals surface area contributed by atoms with Crippen LogP contribution in [0.2, 0.25) is 0 Å². The van der Waals surface area contributed by atoms with E-state index < -0.39 is 5.82 Å². The van der Waals surface area contributed by atoms with Crippen molar-refractivity contribution in [2.75, 3.05) is 20.2 Å². The minimum atomic E-state index is -0.460. The summed E-state index contributed by atoms with van der Waals surface area (Å²) >= 11 is 1.30. The van der Waals surface area contributed by atoms with E-state index in [1.165, 1.54) is 29.5 Å². The summed E-state index contributed by atoms with van der Waals surface area (Å²) < 4.78 is 32.0. The fourth-order valence-electron chi connectivity index (χ4n) is 3.43. The molecule has 7 heteroatoms. The normalized spacial score (nSPS) is 13.6. The zero-order valence-corrected chi connectivity index (χ0v) is 18.1. The van der Waals surface area contributed by atoms with E-state index in [9.17, 15) is 9.18 Å². The zero-order valence-electron chi connectivity index (χ0n) is 17.3. The van der Waals surface area contributed by atoms with Gasteiger partial charge in [-0.15, -0.1) is 11.3 Å². The Balaban J connectivity index is 1.51. The van der Waals surface area contributed by atoms with Crippen molar-refractivity contribution in [3.05, 3.63) is 83.0 Å². The Hall–Kier alpha value is -3.42. The Morgan fingerprint density at radius 3 is 2.44 bits per heavy atom. The van der Waals surface area contributed by atoms with Gasteiger partial charge in [-0.3, -0.25) is 4.79 Å². The molecular weight excluding hydrogens is 429 g/mol. The average molecular weight is 450 g/mol. The number of nitrogens with one attached hydrogen (secondary N) is 1. The standard InChI is InChI=1S/C25H20FNO4S/c1-29-19-9-10-21-22(12-19)32-25(23(28)15-3-2-4-16(26)11-15)24(21)31-18-7-5-17(6-8-18)30-20-13-27-14-20/h2-12,20,27H,13-14H2,1H3. The van der Waals surface area contributed by atoms with Crippen molar-refractivity contribution in [1.29, 1.82) is 0 Å². The smallest absolute Gasteiger partial charge is 0.206 e. The molecule has 1 saturated heterocycles. The molecule has 1 N–H and O–H groups in total. The number of hydrogen-bond donors (Lipinski definition) is 1. The summed E-state index contributed by atoms with van der Waals surface area (Å²) in [7, 11) is 1.59. The Morgan fingerprint density at radius 2 is 1.75 bits per heavy atom. The summed E-state index contributed by atoms with van der Waals surface area (Å²) in [4.78, 5) is 13.7. The van der Waals surface area contributed by atoms with E-state index in [-0.39, 0.29) is 17.5 Å². The molecule has 5 nitrogen and oxygen atoms in total. The zero-order chi connectivity index (χ0) is 22.1. The number of carbonyl (C=O) groups excluding carboxylic acids is 1. The Bertz CT molecular complexity index is 1280. The minimum absolute atomic E-state index is 0.188. The summed E-state index contributed by atoms with van der Waals surface area (Å²) in [5, 5.41) is 3.96. The van der Waals surface area contributed by atoms with Crippen molar-refractivity contribution >= 4 is 27.2 Å². The molecule has 0 aliphatic carbocycles. The number of ketones is 1. The van der Waals surface area contributed by atoms with Crippen LogP contribution in [0, 0.1) is 5.82 Å². The van der Waals surface area contributed by atoms with Gasteiger partial charge in [0, 0.05) is 28.7 Å². The van der Waals surface area contributed by atoms with Crippen molar-refractivity contribution in [2.45, 2.75) is 6.10 Å². The van der Waals surface area contributed by atoms with Gasteiger partial charge in [-0.25, -0.2) is 4.39 Å². The number of ether oxygens (including phenoxy) is 3. The van der Waals surface area contributed by atoms with Gasteiger partial charge in [-0.1, -0.05) is 12.1 Å². The highest BCUT2D eigenvalue weighted by atomic mass is 32.1. The van der Waals surface area contributed by atoms with Crippen LogP contribution in [0.25, 0.3) is 10.1 Å². The highest BCUT2D eigenvalue weighted by Gasteiger charge is 2.23. The number of fused-ring (bicyclic) bond motifs is 1. The van der Waals surface area contributed by atoms with Crippen LogP contribution in [0.15, 0.2) is 66.7 Å². The van der Waals surface area contributed by atoms with Crippen LogP contribution < -0.4 is 19.5 Å². The second kappa shape index (κ2) is 8.61. The molecule has 32 heavy (non-hydrogen) atoms. The fraction of sp³-hybridized carbons (Fsp3) is 0.160. The molecule has 0 amide bonds. The van der Waals surface area contributed by atoms with Crippen LogP contribution in [-0.4, -0.2) is 32.1 Å². The Kier molecular flexibility index (Phi) is 5.51. The maximum absolute atomic E-state index is 13.7. The van der Waals surface area contributed by atoms with Crippen LogP contribution in [0.3, 0.4) is 0 Å². The first-order chi connectivity index (χ1) is 15.6. The van der Waals surface area contributed by atoms with E-state index >= 15 is 0 Å². The van der Waals surface area contributed by atoms with Crippen LogP contribution >= 0.6 is 11.3 Å². The van der Waals surface area contributed by atoms with Gasteiger partial charge in [-0.05, 0) is 54.6 Å². The van der Waals surface area contributed by atoms with E-state index in [1.807, 2.05) is 42.5 Å². The second-order valence-electron chi connectivity index (χ2n) is 7.43. The first-order valence-corrected chi connectivity index (χ1v) is 11.0. The van der Waals surface area contributed by atoms with E-state index in [2.05, 4.69) is 5.32 Å². The van der Waals surface area contributed by atoms with Crippen LogP contribution in [0.4, 0.5) is 4.39 Å². The lowest BCUT2D eigenvalue weighted by Gasteiger charge is -2.27. The third-order valence-electron chi connectivity index (χ3n) is 5.24. The topological polar surface area (TPSA) is 56.8 Å². The number of halogens is 1. The van der Waals surface area contributed by atoms with Gasteiger partial charge in [-0.2, -0.15) is 0 Å². The van der Waals surface area contributed by atoms with Crippen molar-refractivity contribution in [1.82, 2.24) is 5.32 Å². The number of thiophene rings is 1. The molecule has 2 heterocycles. The second-order valence-corrected chi connectivity index (χ2v) is 8.49. The summed E-state index contributed by atoms with van der Waals surface area (Å²) in [6.45, 7) is 1.68. The number of benzene rings is 3. The van der Waals surface area contributed by atoms with Gasteiger partial charge in [0.05, 0.1) is 7.11 Å². The predicted molar refractivity (Wildman–Crippen MR) is 122 cm³/mol. The lowest BCUT2D eigenvalue weighted by Crippen LogP contribution is -2.50. The van der Waals surface area contributed by atoms with Crippen LogP contribution in [0.5, 0.6) is 23.0 Å². The van der Waals surface area contributed by atoms with Gasteiger partial charge < -0.3 is 19.5 Å². The number of methoxy groups -OCH3 is 1. The van der Waals surface area contributed by atoms with Gasteiger partial charge >= 0.3 is 0 Å². The Morgan fingerprint density at radius 1 is 1.00 bits per heavy atom. The maximum Gasteiger partial charge on any atom is 0.206 e. The summed E-state index contributed by atoms with van der Waals surface area (Å²) in [5.74, 6) is 1.71. The molecule has 0 bridgehead atoms. The molecular formula is C25H20FNO4S. The van der Waals surface area contributed by atoms with Gasteiger partial charge in [0.15, 0.2) is 5.75 Å². The lowest BCUT2D eigenvalue weighted by molar-refractivity contribution is 0.104. The molecule has 0 spiro atoms. The first kappa shape index (κ1) is 20.5. The van der Waals surface area contributed by atoms with Crippen molar-refractivity contribution < 1.29 is 23.4 Å². The van der Waals surface area contributed by atoms with Crippen LogP contribution in [-0.2, 0) is 0 Å². The molecule has 0 saturated carbocycles. The van der Waals surface area contributed by atoms with E-state index in [1.54, 1.807) is 13.2 Å². The first-order valence-electron chi connectivity index (χ1n) is 10.2. The molecule has 1 fully saturated rings. The maximum atomic E-state index is 13.7. The lowest BCUT2D eigenvalue weighted by atomic mass is 10.1. The van der Waals surface area contributed by atoms with Crippen molar-refractivity contribution in [3.63, 3.8) is 0 Å². The number of rotatable bonds is 7. The molecule has 5 rings (SSSR count). The Labute approximate surface area is 188 Å². The molecule has 3 aromatic carbocycles. The summed E-state index contributed by atoms with van der Waals surface area (Å²) in [6, 6.07) is 18.5. The quantitative estimate of drug-likeness (QED) is 0.382. The molecule has 0 atom stereocenters. The average Bonchev–Trinajstić information content (AvgIpc) is 3.14. The summed E-state index contributed by atoms with van der Waals surface area (Å²) in [5.41, 5.74) is 0.270. The highest BCUT2D eigenvalue weighted by molar-refractivity contribution is 7.21. The SMILES string of the molecule is COc1ccc2c(Oc3ccc(OC4CNC4)cc3)c(C(=O)c3cccc(F)c3)sc2c1. The molecule has 1 aromatic heterocycles. The third-order valence-corrected chi connectivity index (χ3v) is 6.37. The fourth-order valence-corrected chi connectivity index (χ4v) is 4.55. The highest BCUT2D eigenvalue weighted by Crippen LogP contribution is 2.43. The predicted octanol–water partition coefficient (Wildman–Crippen LogP) is 5.42.